The first-order valence-corrected chi connectivity index (χ1v) is 9.83. The monoisotopic (exact) mass is 366 g/mol. The molecule has 1 aromatic carbocycles. The molecule has 4 rings (SSSR count). The van der Waals surface area contributed by atoms with Gasteiger partial charge in [0.1, 0.15) is 0 Å². The van der Waals surface area contributed by atoms with Crippen molar-refractivity contribution >= 4 is 17.2 Å². The zero-order valence-electron chi connectivity index (χ0n) is 14.6. The Morgan fingerprint density at radius 2 is 1.88 bits per heavy atom. The van der Waals surface area contributed by atoms with Gasteiger partial charge in [0, 0.05) is 38.9 Å². The van der Waals surface area contributed by atoms with E-state index in [-0.39, 0.29) is 5.91 Å². The van der Waals surface area contributed by atoms with Crippen molar-refractivity contribution in [3.63, 3.8) is 0 Å². The predicted molar refractivity (Wildman–Crippen MR) is 104 cm³/mol. The molecule has 134 valence electrons. The highest BCUT2D eigenvalue weighted by Crippen LogP contribution is 2.16. The van der Waals surface area contributed by atoms with Gasteiger partial charge in [-0.15, -0.1) is 11.3 Å². The van der Waals surface area contributed by atoms with Gasteiger partial charge in [-0.25, -0.2) is 4.68 Å². The molecule has 1 aliphatic rings. The summed E-state index contributed by atoms with van der Waals surface area (Å²) in [4.78, 5) is 17.8. The molecule has 1 saturated heterocycles. The third-order valence-electron chi connectivity index (χ3n) is 4.72. The van der Waals surface area contributed by atoms with Crippen molar-refractivity contribution in [1.82, 2.24) is 19.6 Å². The largest absolute Gasteiger partial charge is 0.337 e. The first-order valence-electron chi connectivity index (χ1n) is 8.95. The number of hydrogen-bond donors (Lipinski definition) is 0. The minimum absolute atomic E-state index is 0.163. The topological polar surface area (TPSA) is 41.4 Å². The van der Waals surface area contributed by atoms with Gasteiger partial charge in [-0.1, -0.05) is 24.3 Å². The van der Waals surface area contributed by atoms with Crippen molar-refractivity contribution in [2.75, 3.05) is 26.2 Å². The van der Waals surface area contributed by atoms with Crippen LogP contribution in [0.5, 0.6) is 0 Å². The molecule has 0 unspecified atom stereocenters. The van der Waals surface area contributed by atoms with E-state index in [9.17, 15) is 4.79 Å². The molecule has 0 N–H and O–H groups in total. The molecule has 0 radical (unpaired) electrons. The van der Waals surface area contributed by atoms with E-state index < -0.39 is 0 Å². The molecule has 6 heteroatoms. The summed E-state index contributed by atoms with van der Waals surface area (Å²) in [6, 6.07) is 16.1. The molecule has 1 fully saturated rings. The van der Waals surface area contributed by atoms with Gasteiger partial charge in [0.05, 0.1) is 16.3 Å². The molecule has 3 heterocycles. The number of para-hydroxylation sites is 1. The van der Waals surface area contributed by atoms with Crippen LogP contribution in [-0.2, 0) is 6.54 Å². The Bertz CT molecular complexity index is 844. The maximum atomic E-state index is 12.6. The third-order valence-corrected chi connectivity index (χ3v) is 5.57. The number of rotatable bonds is 4. The van der Waals surface area contributed by atoms with Crippen LogP contribution in [0.4, 0.5) is 0 Å². The first kappa shape index (κ1) is 17.0. The zero-order valence-corrected chi connectivity index (χ0v) is 15.4. The fourth-order valence-corrected chi connectivity index (χ4v) is 4.06. The molecule has 0 aliphatic carbocycles. The third kappa shape index (κ3) is 3.71. The van der Waals surface area contributed by atoms with Crippen molar-refractivity contribution < 1.29 is 4.79 Å². The van der Waals surface area contributed by atoms with Crippen LogP contribution in [0, 0.1) is 0 Å². The number of amides is 1. The quantitative estimate of drug-likeness (QED) is 0.712. The lowest BCUT2D eigenvalue weighted by atomic mass is 10.3. The molecular weight excluding hydrogens is 344 g/mol. The maximum Gasteiger partial charge on any atom is 0.263 e. The molecule has 26 heavy (non-hydrogen) atoms. The molecule has 1 aliphatic heterocycles. The summed E-state index contributed by atoms with van der Waals surface area (Å²) >= 11 is 1.52. The Kier molecular flexibility index (Phi) is 5.13. The maximum absolute atomic E-state index is 12.6. The van der Waals surface area contributed by atoms with Crippen molar-refractivity contribution in [2.24, 2.45) is 0 Å². The number of nitrogens with zero attached hydrogens (tertiary/aromatic N) is 4. The Hall–Kier alpha value is -2.44. The lowest BCUT2D eigenvalue weighted by Gasteiger charge is -2.22. The van der Waals surface area contributed by atoms with Crippen molar-refractivity contribution in [1.29, 1.82) is 0 Å². The van der Waals surface area contributed by atoms with E-state index in [2.05, 4.69) is 28.2 Å². The average molecular weight is 366 g/mol. The fraction of sp³-hybridized carbons (Fsp3) is 0.300. The summed E-state index contributed by atoms with van der Waals surface area (Å²) in [6.45, 7) is 4.32. The lowest BCUT2D eigenvalue weighted by Crippen LogP contribution is -2.34. The normalized spacial score (nSPS) is 15.8. The van der Waals surface area contributed by atoms with Gasteiger partial charge in [0.15, 0.2) is 0 Å². The molecule has 0 saturated carbocycles. The Morgan fingerprint density at radius 1 is 1.00 bits per heavy atom. The summed E-state index contributed by atoms with van der Waals surface area (Å²) in [5, 5.41) is 6.44. The summed E-state index contributed by atoms with van der Waals surface area (Å²) in [5.74, 6) is 0.163. The molecule has 5 nitrogen and oxygen atoms in total. The zero-order chi connectivity index (χ0) is 17.8. The van der Waals surface area contributed by atoms with Crippen LogP contribution in [0.1, 0.15) is 21.8 Å². The lowest BCUT2D eigenvalue weighted by molar-refractivity contribution is 0.0766. The van der Waals surface area contributed by atoms with Crippen LogP contribution >= 0.6 is 11.3 Å². The van der Waals surface area contributed by atoms with Gasteiger partial charge < -0.3 is 4.90 Å². The number of hydrogen-bond acceptors (Lipinski definition) is 4. The molecular formula is C20H22N4OS. The highest BCUT2D eigenvalue weighted by molar-refractivity contribution is 7.12. The van der Waals surface area contributed by atoms with Gasteiger partial charge in [-0.05, 0) is 36.1 Å². The van der Waals surface area contributed by atoms with Crippen LogP contribution in [0.2, 0.25) is 0 Å². The number of aromatic nitrogens is 2. The number of carbonyl (C=O) groups excluding carboxylic acids is 1. The molecule has 1 amide bonds. The second kappa shape index (κ2) is 7.85. The van der Waals surface area contributed by atoms with Gasteiger partial charge in [-0.2, -0.15) is 5.10 Å². The summed E-state index contributed by atoms with van der Waals surface area (Å²) in [5.41, 5.74) is 2.26. The van der Waals surface area contributed by atoms with E-state index in [4.69, 9.17) is 0 Å². The molecule has 0 spiro atoms. The van der Waals surface area contributed by atoms with Crippen LogP contribution in [-0.4, -0.2) is 51.7 Å². The van der Waals surface area contributed by atoms with E-state index in [0.29, 0.717) is 0 Å². The van der Waals surface area contributed by atoms with Gasteiger partial charge in [0.2, 0.25) is 0 Å². The second-order valence-corrected chi connectivity index (χ2v) is 7.42. The van der Waals surface area contributed by atoms with E-state index in [1.54, 1.807) is 0 Å². The van der Waals surface area contributed by atoms with Gasteiger partial charge >= 0.3 is 0 Å². The Balaban J connectivity index is 1.42. The molecule has 0 atom stereocenters. The molecule has 2 aromatic heterocycles. The van der Waals surface area contributed by atoms with Gasteiger partial charge in [0.25, 0.3) is 5.91 Å². The fourth-order valence-electron chi connectivity index (χ4n) is 3.37. The minimum Gasteiger partial charge on any atom is -0.337 e. The van der Waals surface area contributed by atoms with Crippen molar-refractivity contribution in [3.05, 3.63) is 70.7 Å². The highest BCUT2D eigenvalue weighted by Gasteiger charge is 2.21. The van der Waals surface area contributed by atoms with Crippen LogP contribution < -0.4 is 0 Å². The number of thiophene rings is 1. The van der Waals surface area contributed by atoms with Crippen LogP contribution in [0.3, 0.4) is 0 Å². The minimum atomic E-state index is 0.163. The Labute approximate surface area is 157 Å². The van der Waals surface area contributed by atoms with Crippen molar-refractivity contribution in [2.45, 2.75) is 13.0 Å². The Morgan fingerprint density at radius 3 is 2.69 bits per heavy atom. The average Bonchev–Trinajstić information content (AvgIpc) is 3.31. The number of carbonyl (C=O) groups is 1. The number of benzene rings is 1. The summed E-state index contributed by atoms with van der Waals surface area (Å²) in [7, 11) is 0. The van der Waals surface area contributed by atoms with Gasteiger partial charge in [-0.3, -0.25) is 9.69 Å². The van der Waals surface area contributed by atoms with E-state index in [1.165, 1.54) is 17.0 Å². The first-order chi connectivity index (χ1) is 12.8. The summed E-state index contributed by atoms with van der Waals surface area (Å²) < 4.78 is 2.00. The summed E-state index contributed by atoms with van der Waals surface area (Å²) in [6.07, 6.45) is 2.85. The standard InChI is InChI=1S/C20H22N4OS/c25-20(19-8-4-15-26-19)23-12-5-11-22(13-14-23)16-18-9-10-21-24(18)17-6-2-1-3-7-17/h1-4,6-10,15H,5,11-14,16H2. The molecule has 3 aromatic rings. The second-order valence-electron chi connectivity index (χ2n) is 6.47. The molecule has 0 bridgehead atoms. The van der Waals surface area contributed by atoms with Crippen molar-refractivity contribution in [3.8, 4) is 5.69 Å². The SMILES string of the molecule is O=C(c1cccs1)N1CCCN(Cc2ccnn2-c2ccccc2)CC1. The van der Waals surface area contributed by atoms with Crippen LogP contribution in [0.25, 0.3) is 5.69 Å². The predicted octanol–water partition coefficient (Wildman–Crippen LogP) is 3.28. The van der Waals surface area contributed by atoms with Crippen LogP contribution in [0.15, 0.2) is 60.1 Å². The van der Waals surface area contributed by atoms with E-state index in [0.717, 1.165) is 49.7 Å². The highest BCUT2D eigenvalue weighted by atomic mass is 32.1. The smallest absolute Gasteiger partial charge is 0.263 e. The van der Waals surface area contributed by atoms with E-state index in [1.807, 2.05) is 51.5 Å². The van der Waals surface area contributed by atoms with E-state index >= 15 is 0 Å².